The van der Waals surface area contributed by atoms with E-state index in [2.05, 4.69) is 17.2 Å². The summed E-state index contributed by atoms with van der Waals surface area (Å²) in [7, 11) is 3.55. The molecule has 21 heavy (non-hydrogen) atoms. The number of nitrogens with zero attached hydrogens (tertiary/aromatic N) is 2. The smallest absolute Gasteiger partial charge is 0.166 e. The van der Waals surface area contributed by atoms with Crippen LogP contribution >= 0.6 is 11.6 Å². The number of imidazole rings is 1. The first-order valence-corrected chi connectivity index (χ1v) is 7.18. The Morgan fingerprint density at radius 3 is 2.81 bits per heavy atom. The average Bonchev–Trinajstić information content (AvgIpc) is 2.88. The van der Waals surface area contributed by atoms with Crippen molar-refractivity contribution in [2.75, 3.05) is 13.7 Å². The third kappa shape index (κ3) is 3.89. The van der Waals surface area contributed by atoms with E-state index in [1.54, 1.807) is 25.7 Å². The molecule has 0 bridgehead atoms. The van der Waals surface area contributed by atoms with E-state index in [1.165, 1.54) is 0 Å². The SMILES string of the molecule is CCNCc1cc(Cl)cc(OC)c1OCc1cncn1C. The summed E-state index contributed by atoms with van der Waals surface area (Å²) < 4.78 is 13.3. The third-order valence-electron chi connectivity index (χ3n) is 3.16. The Kier molecular flexibility index (Phi) is 5.47. The molecule has 0 saturated carbocycles. The van der Waals surface area contributed by atoms with Crippen molar-refractivity contribution < 1.29 is 9.47 Å². The van der Waals surface area contributed by atoms with Crippen LogP contribution in [0.4, 0.5) is 0 Å². The largest absolute Gasteiger partial charge is 0.493 e. The van der Waals surface area contributed by atoms with Crippen LogP contribution in [-0.4, -0.2) is 23.2 Å². The Bertz CT molecular complexity index is 599. The zero-order chi connectivity index (χ0) is 15.2. The summed E-state index contributed by atoms with van der Waals surface area (Å²) in [6.45, 7) is 4.02. The summed E-state index contributed by atoms with van der Waals surface area (Å²) in [6.07, 6.45) is 3.53. The highest BCUT2D eigenvalue weighted by molar-refractivity contribution is 6.30. The lowest BCUT2D eigenvalue weighted by molar-refractivity contribution is 0.274. The van der Waals surface area contributed by atoms with Gasteiger partial charge in [0.2, 0.25) is 0 Å². The standard InChI is InChI=1S/C15H20ClN3O2/c1-4-17-7-11-5-12(16)6-14(20-3)15(11)21-9-13-8-18-10-19(13)2/h5-6,8,10,17H,4,7,9H2,1-3H3. The van der Waals surface area contributed by atoms with Gasteiger partial charge in [-0.15, -0.1) is 0 Å². The van der Waals surface area contributed by atoms with E-state index >= 15 is 0 Å². The summed E-state index contributed by atoms with van der Waals surface area (Å²) >= 11 is 6.13. The molecule has 0 spiro atoms. The molecule has 1 N–H and O–H groups in total. The van der Waals surface area contributed by atoms with Gasteiger partial charge in [-0.1, -0.05) is 18.5 Å². The summed E-state index contributed by atoms with van der Waals surface area (Å²) in [6, 6.07) is 3.65. The van der Waals surface area contributed by atoms with E-state index in [4.69, 9.17) is 21.1 Å². The van der Waals surface area contributed by atoms with Crippen molar-refractivity contribution in [3.63, 3.8) is 0 Å². The van der Waals surface area contributed by atoms with Crippen LogP contribution in [-0.2, 0) is 20.2 Å². The number of aryl methyl sites for hydroxylation is 1. The Morgan fingerprint density at radius 2 is 2.19 bits per heavy atom. The Hall–Kier alpha value is -1.72. The monoisotopic (exact) mass is 309 g/mol. The molecule has 2 aromatic rings. The molecule has 0 atom stereocenters. The average molecular weight is 310 g/mol. The number of ether oxygens (including phenoxy) is 2. The fourth-order valence-electron chi connectivity index (χ4n) is 2.00. The first-order chi connectivity index (χ1) is 10.2. The molecule has 114 valence electrons. The minimum absolute atomic E-state index is 0.424. The fraction of sp³-hybridized carbons (Fsp3) is 0.400. The van der Waals surface area contributed by atoms with Crippen LogP contribution in [0.5, 0.6) is 11.5 Å². The van der Waals surface area contributed by atoms with Gasteiger partial charge < -0.3 is 19.4 Å². The van der Waals surface area contributed by atoms with Crippen molar-refractivity contribution >= 4 is 11.6 Å². The second kappa shape index (κ2) is 7.33. The molecule has 0 amide bonds. The maximum absolute atomic E-state index is 6.13. The first-order valence-electron chi connectivity index (χ1n) is 6.80. The minimum Gasteiger partial charge on any atom is -0.493 e. The van der Waals surface area contributed by atoms with E-state index < -0.39 is 0 Å². The van der Waals surface area contributed by atoms with Crippen LogP contribution in [0, 0.1) is 0 Å². The lowest BCUT2D eigenvalue weighted by Crippen LogP contribution is -2.13. The molecular weight excluding hydrogens is 290 g/mol. The van der Waals surface area contributed by atoms with Crippen molar-refractivity contribution in [1.29, 1.82) is 0 Å². The van der Waals surface area contributed by atoms with Crippen molar-refractivity contribution in [2.24, 2.45) is 7.05 Å². The number of aromatic nitrogens is 2. The van der Waals surface area contributed by atoms with Gasteiger partial charge in [-0.2, -0.15) is 0 Å². The topological polar surface area (TPSA) is 48.3 Å². The maximum Gasteiger partial charge on any atom is 0.166 e. The van der Waals surface area contributed by atoms with Crippen molar-refractivity contribution in [2.45, 2.75) is 20.1 Å². The molecule has 0 aliphatic heterocycles. The summed E-state index contributed by atoms with van der Waals surface area (Å²) in [5, 5.41) is 3.91. The van der Waals surface area contributed by atoms with Crippen LogP contribution in [0.15, 0.2) is 24.7 Å². The van der Waals surface area contributed by atoms with Gasteiger partial charge in [0.05, 0.1) is 25.3 Å². The summed E-state index contributed by atoms with van der Waals surface area (Å²) in [5.74, 6) is 1.35. The van der Waals surface area contributed by atoms with Crippen LogP contribution in [0.3, 0.4) is 0 Å². The molecule has 1 aromatic carbocycles. The zero-order valence-corrected chi connectivity index (χ0v) is 13.3. The Balaban J connectivity index is 2.24. The molecule has 0 aliphatic rings. The third-order valence-corrected chi connectivity index (χ3v) is 3.38. The van der Waals surface area contributed by atoms with Crippen LogP contribution in [0.1, 0.15) is 18.2 Å². The number of hydrogen-bond acceptors (Lipinski definition) is 4. The van der Waals surface area contributed by atoms with Crippen LogP contribution in [0.2, 0.25) is 5.02 Å². The molecular formula is C15H20ClN3O2. The molecule has 6 heteroatoms. The molecule has 5 nitrogen and oxygen atoms in total. The number of rotatable bonds is 7. The van der Waals surface area contributed by atoms with Gasteiger partial charge in [-0.25, -0.2) is 4.98 Å². The van der Waals surface area contributed by atoms with E-state index in [0.29, 0.717) is 29.7 Å². The van der Waals surface area contributed by atoms with Crippen molar-refractivity contribution in [3.8, 4) is 11.5 Å². The highest BCUT2D eigenvalue weighted by Crippen LogP contribution is 2.35. The quantitative estimate of drug-likeness (QED) is 0.854. The molecule has 0 fully saturated rings. The molecule has 0 aliphatic carbocycles. The van der Waals surface area contributed by atoms with Gasteiger partial charge in [0.25, 0.3) is 0 Å². The normalized spacial score (nSPS) is 10.7. The second-order valence-corrected chi connectivity index (χ2v) is 5.10. The van der Waals surface area contributed by atoms with Crippen LogP contribution in [0.25, 0.3) is 0 Å². The highest BCUT2D eigenvalue weighted by Gasteiger charge is 2.13. The Morgan fingerprint density at radius 1 is 1.38 bits per heavy atom. The van der Waals surface area contributed by atoms with E-state index in [1.807, 2.05) is 17.7 Å². The molecule has 1 aromatic heterocycles. The number of methoxy groups -OCH3 is 1. The number of hydrogen-bond donors (Lipinski definition) is 1. The fourth-order valence-corrected chi connectivity index (χ4v) is 2.23. The lowest BCUT2D eigenvalue weighted by atomic mass is 10.2. The van der Waals surface area contributed by atoms with Crippen LogP contribution < -0.4 is 14.8 Å². The van der Waals surface area contributed by atoms with Crippen molar-refractivity contribution in [1.82, 2.24) is 14.9 Å². The van der Waals surface area contributed by atoms with Gasteiger partial charge in [-0.05, 0) is 12.6 Å². The predicted molar refractivity (Wildman–Crippen MR) is 82.9 cm³/mol. The molecule has 0 unspecified atom stereocenters. The molecule has 1 heterocycles. The predicted octanol–water partition coefficient (Wildman–Crippen LogP) is 2.77. The number of halogens is 1. The molecule has 2 rings (SSSR count). The second-order valence-electron chi connectivity index (χ2n) is 4.66. The number of nitrogens with one attached hydrogen (secondary N) is 1. The van der Waals surface area contributed by atoms with Gasteiger partial charge in [0.1, 0.15) is 6.61 Å². The van der Waals surface area contributed by atoms with Gasteiger partial charge in [-0.3, -0.25) is 0 Å². The van der Waals surface area contributed by atoms with Gasteiger partial charge in [0, 0.05) is 30.2 Å². The van der Waals surface area contributed by atoms with Gasteiger partial charge in [0.15, 0.2) is 11.5 Å². The van der Waals surface area contributed by atoms with E-state index in [9.17, 15) is 0 Å². The minimum atomic E-state index is 0.424. The van der Waals surface area contributed by atoms with Gasteiger partial charge >= 0.3 is 0 Å². The first kappa shape index (κ1) is 15.7. The molecule has 0 radical (unpaired) electrons. The van der Waals surface area contributed by atoms with E-state index in [0.717, 1.165) is 17.8 Å². The summed E-state index contributed by atoms with van der Waals surface area (Å²) in [4.78, 5) is 4.08. The molecule has 0 saturated heterocycles. The lowest BCUT2D eigenvalue weighted by Gasteiger charge is -2.16. The zero-order valence-electron chi connectivity index (χ0n) is 12.5. The Labute approximate surface area is 129 Å². The summed E-state index contributed by atoms with van der Waals surface area (Å²) in [5.41, 5.74) is 1.96. The highest BCUT2D eigenvalue weighted by atomic mass is 35.5. The van der Waals surface area contributed by atoms with E-state index in [-0.39, 0.29) is 0 Å². The maximum atomic E-state index is 6.13. The van der Waals surface area contributed by atoms with Crippen molar-refractivity contribution in [3.05, 3.63) is 40.9 Å². The number of benzene rings is 1.